The molecule has 8 heteroatoms. The van der Waals surface area contributed by atoms with E-state index in [0.29, 0.717) is 24.7 Å². The van der Waals surface area contributed by atoms with E-state index in [9.17, 15) is 4.79 Å². The number of carbonyl (C=O) groups is 1. The van der Waals surface area contributed by atoms with Crippen molar-refractivity contribution in [2.45, 2.75) is 20.8 Å². The second-order valence-corrected chi connectivity index (χ2v) is 6.43. The molecule has 0 aliphatic rings. The maximum absolute atomic E-state index is 11.9. The van der Waals surface area contributed by atoms with E-state index in [-0.39, 0.29) is 12.5 Å². The van der Waals surface area contributed by atoms with E-state index in [1.807, 2.05) is 55.7 Å². The number of benzene rings is 1. The van der Waals surface area contributed by atoms with Crippen LogP contribution >= 0.6 is 0 Å². The molecule has 0 radical (unpaired) electrons. The SMILES string of the molecule is Cc1cccc(OCC(=O)NCCNc2cc(-n3cnc(C)c3C)ncn2)c1. The highest BCUT2D eigenvalue weighted by Gasteiger charge is 2.07. The lowest BCUT2D eigenvalue weighted by Crippen LogP contribution is -2.32. The van der Waals surface area contributed by atoms with E-state index >= 15 is 0 Å². The number of hydrogen-bond acceptors (Lipinski definition) is 6. The Morgan fingerprint density at radius 3 is 2.71 bits per heavy atom. The van der Waals surface area contributed by atoms with Crippen molar-refractivity contribution in [3.05, 3.63) is 59.9 Å². The molecular formula is C20H24N6O2. The summed E-state index contributed by atoms with van der Waals surface area (Å²) in [6.45, 7) is 6.91. The molecule has 0 atom stereocenters. The first-order chi connectivity index (χ1) is 13.5. The maximum Gasteiger partial charge on any atom is 0.258 e. The molecule has 3 rings (SSSR count). The van der Waals surface area contributed by atoms with Crippen LogP contribution < -0.4 is 15.4 Å². The lowest BCUT2D eigenvalue weighted by atomic mass is 10.2. The second kappa shape index (κ2) is 8.98. The predicted molar refractivity (Wildman–Crippen MR) is 107 cm³/mol. The molecule has 28 heavy (non-hydrogen) atoms. The number of nitrogens with zero attached hydrogens (tertiary/aromatic N) is 4. The van der Waals surface area contributed by atoms with Gasteiger partial charge in [0.05, 0.1) is 5.69 Å². The Labute approximate surface area is 164 Å². The summed E-state index contributed by atoms with van der Waals surface area (Å²) in [6, 6.07) is 9.45. The Balaban J connectivity index is 1.43. The maximum atomic E-state index is 11.9. The highest BCUT2D eigenvalue weighted by molar-refractivity contribution is 5.77. The summed E-state index contributed by atoms with van der Waals surface area (Å²) < 4.78 is 7.39. The number of aryl methyl sites for hydroxylation is 2. The number of nitrogens with one attached hydrogen (secondary N) is 2. The Bertz CT molecular complexity index is 953. The zero-order chi connectivity index (χ0) is 19.9. The molecule has 0 unspecified atom stereocenters. The summed E-state index contributed by atoms with van der Waals surface area (Å²) >= 11 is 0. The van der Waals surface area contributed by atoms with Crippen LogP contribution in [-0.2, 0) is 4.79 Å². The molecule has 0 aliphatic heterocycles. The van der Waals surface area contributed by atoms with Gasteiger partial charge < -0.3 is 15.4 Å². The van der Waals surface area contributed by atoms with Gasteiger partial charge in [0.2, 0.25) is 0 Å². The number of hydrogen-bond donors (Lipinski definition) is 2. The first kappa shape index (κ1) is 19.3. The minimum absolute atomic E-state index is 0.0135. The Morgan fingerprint density at radius 1 is 1.11 bits per heavy atom. The largest absolute Gasteiger partial charge is 0.484 e. The molecule has 2 heterocycles. The van der Waals surface area contributed by atoms with Crippen LogP contribution in [0.1, 0.15) is 17.0 Å². The fourth-order valence-corrected chi connectivity index (χ4v) is 2.60. The Hall–Kier alpha value is -3.42. The van der Waals surface area contributed by atoms with Gasteiger partial charge in [-0.05, 0) is 38.5 Å². The van der Waals surface area contributed by atoms with Crippen molar-refractivity contribution >= 4 is 11.7 Å². The van der Waals surface area contributed by atoms with Crippen molar-refractivity contribution in [3.8, 4) is 11.6 Å². The number of amides is 1. The average molecular weight is 380 g/mol. The number of imidazole rings is 1. The molecule has 2 aromatic heterocycles. The third kappa shape index (κ3) is 5.06. The lowest BCUT2D eigenvalue weighted by molar-refractivity contribution is -0.123. The molecule has 0 bridgehead atoms. The molecule has 0 spiro atoms. The van der Waals surface area contributed by atoms with Crippen molar-refractivity contribution in [1.82, 2.24) is 24.8 Å². The fourth-order valence-electron chi connectivity index (χ4n) is 2.60. The first-order valence-electron chi connectivity index (χ1n) is 9.06. The van der Waals surface area contributed by atoms with Crippen LogP contribution in [0.25, 0.3) is 5.82 Å². The van der Waals surface area contributed by atoms with E-state index in [1.165, 1.54) is 6.33 Å². The first-order valence-corrected chi connectivity index (χ1v) is 9.06. The van der Waals surface area contributed by atoms with Gasteiger partial charge in [-0.25, -0.2) is 15.0 Å². The van der Waals surface area contributed by atoms with E-state index in [4.69, 9.17) is 4.74 Å². The third-order valence-corrected chi connectivity index (χ3v) is 4.26. The van der Waals surface area contributed by atoms with E-state index in [0.717, 1.165) is 22.8 Å². The fraction of sp³-hybridized carbons (Fsp3) is 0.300. The van der Waals surface area contributed by atoms with Crippen LogP contribution in [0.4, 0.5) is 5.82 Å². The van der Waals surface area contributed by atoms with Crippen LogP contribution in [0.2, 0.25) is 0 Å². The summed E-state index contributed by atoms with van der Waals surface area (Å²) in [5.41, 5.74) is 3.08. The molecule has 8 nitrogen and oxygen atoms in total. The monoisotopic (exact) mass is 380 g/mol. The van der Waals surface area contributed by atoms with Gasteiger partial charge in [-0.1, -0.05) is 12.1 Å². The molecule has 0 saturated heterocycles. The number of anilines is 1. The minimum Gasteiger partial charge on any atom is -0.484 e. The number of ether oxygens (including phenoxy) is 1. The quantitative estimate of drug-likeness (QED) is 0.582. The van der Waals surface area contributed by atoms with Gasteiger partial charge in [-0.15, -0.1) is 0 Å². The number of carbonyl (C=O) groups excluding carboxylic acids is 1. The molecule has 0 aliphatic carbocycles. The topological polar surface area (TPSA) is 94.0 Å². The van der Waals surface area contributed by atoms with Gasteiger partial charge in [0, 0.05) is 24.8 Å². The second-order valence-electron chi connectivity index (χ2n) is 6.43. The van der Waals surface area contributed by atoms with Gasteiger partial charge >= 0.3 is 0 Å². The number of rotatable bonds is 8. The van der Waals surface area contributed by atoms with Crippen molar-refractivity contribution in [3.63, 3.8) is 0 Å². The molecule has 3 aromatic rings. The Morgan fingerprint density at radius 2 is 1.96 bits per heavy atom. The van der Waals surface area contributed by atoms with Crippen molar-refractivity contribution in [2.75, 3.05) is 25.0 Å². The third-order valence-electron chi connectivity index (χ3n) is 4.26. The summed E-state index contributed by atoms with van der Waals surface area (Å²) in [6.07, 6.45) is 3.24. The minimum atomic E-state index is -0.170. The molecule has 0 saturated carbocycles. The van der Waals surface area contributed by atoms with Crippen molar-refractivity contribution in [2.24, 2.45) is 0 Å². The molecular weight excluding hydrogens is 356 g/mol. The summed E-state index contributed by atoms with van der Waals surface area (Å²) in [4.78, 5) is 24.7. The predicted octanol–water partition coefficient (Wildman–Crippen LogP) is 2.19. The van der Waals surface area contributed by atoms with E-state index < -0.39 is 0 Å². The van der Waals surface area contributed by atoms with Gasteiger partial charge in [0.15, 0.2) is 6.61 Å². The van der Waals surface area contributed by atoms with Gasteiger partial charge in [-0.2, -0.15) is 0 Å². The standard InChI is InChI=1S/C20H24N6O2/c1-14-5-4-6-17(9-14)28-11-20(27)22-8-7-21-18-10-19(24-12-23-18)26-13-25-15(2)16(26)3/h4-6,9-10,12-13H,7-8,11H2,1-3H3,(H,22,27)(H,21,23,24). The highest BCUT2D eigenvalue weighted by atomic mass is 16.5. The van der Waals surface area contributed by atoms with Gasteiger partial charge in [-0.3, -0.25) is 9.36 Å². The highest BCUT2D eigenvalue weighted by Crippen LogP contribution is 2.14. The molecule has 2 N–H and O–H groups in total. The molecule has 0 fully saturated rings. The normalized spacial score (nSPS) is 10.5. The van der Waals surface area contributed by atoms with Crippen LogP contribution in [0.5, 0.6) is 5.75 Å². The molecule has 1 amide bonds. The van der Waals surface area contributed by atoms with Crippen LogP contribution in [0.15, 0.2) is 43.0 Å². The van der Waals surface area contributed by atoms with Crippen molar-refractivity contribution < 1.29 is 9.53 Å². The zero-order valence-electron chi connectivity index (χ0n) is 16.3. The lowest BCUT2D eigenvalue weighted by Gasteiger charge is -2.10. The van der Waals surface area contributed by atoms with Crippen LogP contribution in [-0.4, -0.2) is 45.1 Å². The van der Waals surface area contributed by atoms with Gasteiger partial charge in [0.25, 0.3) is 5.91 Å². The summed E-state index contributed by atoms with van der Waals surface area (Å²) in [5, 5.41) is 5.99. The van der Waals surface area contributed by atoms with Crippen molar-refractivity contribution in [1.29, 1.82) is 0 Å². The number of aromatic nitrogens is 4. The summed E-state index contributed by atoms with van der Waals surface area (Å²) in [5.74, 6) is 1.94. The Kier molecular flexibility index (Phi) is 6.21. The average Bonchev–Trinajstić information content (AvgIpc) is 3.03. The van der Waals surface area contributed by atoms with Crippen LogP contribution in [0.3, 0.4) is 0 Å². The molecule has 1 aromatic carbocycles. The summed E-state index contributed by atoms with van der Waals surface area (Å²) in [7, 11) is 0. The zero-order valence-corrected chi connectivity index (χ0v) is 16.3. The van der Waals surface area contributed by atoms with E-state index in [1.54, 1.807) is 6.33 Å². The smallest absolute Gasteiger partial charge is 0.258 e. The van der Waals surface area contributed by atoms with Gasteiger partial charge in [0.1, 0.15) is 30.0 Å². The van der Waals surface area contributed by atoms with Crippen LogP contribution in [0, 0.1) is 20.8 Å². The molecule has 146 valence electrons. The van der Waals surface area contributed by atoms with E-state index in [2.05, 4.69) is 25.6 Å².